The molecule has 0 bridgehead atoms. The molecule has 6 nitrogen and oxygen atoms in total. The summed E-state index contributed by atoms with van der Waals surface area (Å²) < 4.78 is 51.1. The molecule has 0 spiro atoms. The number of hydrogen-bond donors (Lipinski definition) is 2. The highest BCUT2D eigenvalue weighted by Gasteiger charge is 2.43. The van der Waals surface area contributed by atoms with E-state index in [0.717, 1.165) is 17.7 Å². The van der Waals surface area contributed by atoms with Crippen LogP contribution in [-0.2, 0) is 25.2 Å². The smallest absolute Gasteiger partial charge is 0.416 e. The van der Waals surface area contributed by atoms with Gasteiger partial charge in [-0.25, -0.2) is 4.79 Å². The Hall–Kier alpha value is -3.07. The number of rotatable bonds is 4. The van der Waals surface area contributed by atoms with Gasteiger partial charge in [-0.2, -0.15) is 13.2 Å². The fraction of sp³-hybridized carbons (Fsp3) is 0.417. The third-order valence-corrected chi connectivity index (χ3v) is 6.08. The van der Waals surface area contributed by atoms with Crippen LogP contribution in [0.4, 0.5) is 18.9 Å². The number of hydrogen-bond acceptors (Lipinski definition) is 5. The van der Waals surface area contributed by atoms with Crippen molar-refractivity contribution in [3.05, 3.63) is 65.2 Å². The molecule has 2 aliphatic heterocycles. The minimum Gasteiger partial charge on any atom is -0.459 e. The Morgan fingerprint density at radius 3 is 2.61 bits per heavy atom. The molecule has 1 amide bonds. The number of amides is 1. The molecular formula is C24H25F3N2O4. The van der Waals surface area contributed by atoms with Gasteiger partial charge in [0.2, 0.25) is 0 Å². The zero-order valence-corrected chi connectivity index (χ0v) is 18.0. The number of anilines is 1. The lowest BCUT2D eigenvalue weighted by Gasteiger charge is -2.46. The maximum absolute atomic E-state index is 13.4. The summed E-state index contributed by atoms with van der Waals surface area (Å²) in [5.41, 5.74) is 1.33. The molecule has 0 saturated carbocycles. The van der Waals surface area contributed by atoms with Crippen molar-refractivity contribution in [2.75, 3.05) is 18.5 Å². The summed E-state index contributed by atoms with van der Waals surface area (Å²) in [5, 5.41) is 5.91. The summed E-state index contributed by atoms with van der Waals surface area (Å²) in [6, 6.07) is 13.2. The van der Waals surface area contributed by atoms with Crippen LogP contribution < -0.4 is 10.6 Å². The van der Waals surface area contributed by atoms with Crippen molar-refractivity contribution in [3.8, 4) is 0 Å². The number of benzene rings is 2. The predicted molar refractivity (Wildman–Crippen MR) is 114 cm³/mol. The van der Waals surface area contributed by atoms with Gasteiger partial charge in [-0.15, -0.1) is 0 Å². The standard InChI is InChI=1S/C24H25F3N2O4/c1-2-32-23(31)22(30)28-13-16-9-10-17-20(14-6-4-3-5-7-14)29-19-11-8-15(24(25,26)27)12-18(19)21(17)33-16/h3-8,11-12,16-17,20-21,29H,2,9-10,13H2,1H3,(H,28,30)/t16-,17+,20+,21+/m1/s1. The van der Waals surface area contributed by atoms with Crippen LogP contribution in [0.1, 0.15) is 48.6 Å². The number of halogens is 3. The molecule has 2 aromatic carbocycles. The van der Waals surface area contributed by atoms with Crippen molar-refractivity contribution in [1.82, 2.24) is 5.32 Å². The summed E-state index contributed by atoms with van der Waals surface area (Å²) in [6.45, 7) is 1.75. The molecule has 4 atom stereocenters. The Balaban J connectivity index is 1.59. The van der Waals surface area contributed by atoms with Gasteiger partial charge in [-0.1, -0.05) is 30.3 Å². The number of nitrogens with one attached hydrogen (secondary N) is 2. The Bertz CT molecular complexity index is 1010. The van der Waals surface area contributed by atoms with E-state index in [2.05, 4.69) is 15.4 Å². The van der Waals surface area contributed by atoms with Gasteiger partial charge in [0.15, 0.2) is 0 Å². The quantitative estimate of drug-likeness (QED) is 0.521. The molecular weight excluding hydrogens is 437 g/mol. The lowest BCUT2D eigenvalue weighted by molar-refractivity contribution is -0.155. The lowest BCUT2D eigenvalue weighted by Crippen LogP contribution is -2.44. The highest BCUT2D eigenvalue weighted by Crippen LogP contribution is 2.51. The summed E-state index contributed by atoms with van der Waals surface area (Å²) >= 11 is 0. The Labute approximate surface area is 189 Å². The van der Waals surface area contributed by atoms with E-state index >= 15 is 0 Å². The number of alkyl halides is 3. The molecule has 2 aromatic rings. The Kier molecular flexibility index (Phi) is 6.60. The molecule has 0 aliphatic carbocycles. The minimum atomic E-state index is -4.47. The van der Waals surface area contributed by atoms with Gasteiger partial charge in [0, 0.05) is 23.7 Å². The molecule has 9 heteroatoms. The lowest BCUT2D eigenvalue weighted by atomic mass is 9.76. The van der Waals surface area contributed by atoms with E-state index in [1.807, 2.05) is 30.3 Å². The van der Waals surface area contributed by atoms with Crippen molar-refractivity contribution >= 4 is 17.6 Å². The SMILES string of the molecule is CCOC(=O)C(=O)NC[C@H]1CC[C@@H]2[C@H](O1)c1cc(C(F)(F)F)ccc1N[C@H]2c1ccccc1. The van der Waals surface area contributed by atoms with E-state index < -0.39 is 35.8 Å². The fourth-order valence-electron chi connectivity index (χ4n) is 4.55. The molecule has 33 heavy (non-hydrogen) atoms. The topological polar surface area (TPSA) is 76.7 Å². The summed E-state index contributed by atoms with van der Waals surface area (Å²) in [5.74, 6) is -1.94. The van der Waals surface area contributed by atoms with Gasteiger partial charge in [-0.05, 0) is 43.5 Å². The molecule has 4 rings (SSSR count). The van der Waals surface area contributed by atoms with Gasteiger partial charge in [0.05, 0.1) is 30.4 Å². The molecule has 1 fully saturated rings. The van der Waals surface area contributed by atoms with Crippen LogP contribution >= 0.6 is 0 Å². The average molecular weight is 462 g/mol. The molecule has 176 valence electrons. The molecule has 2 N–H and O–H groups in total. The second-order valence-corrected chi connectivity index (χ2v) is 8.18. The Morgan fingerprint density at radius 2 is 1.91 bits per heavy atom. The summed E-state index contributed by atoms with van der Waals surface area (Å²) in [7, 11) is 0. The fourth-order valence-corrected chi connectivity index (χ4v) is 4.55. The van der Waals surface area contributed by atoms with Crippen molar-refractivity contribution in [1.29, 1.82) is 0 Å². The largest absolute Gasteiger partial charge is 0.459 e. The molecule has 0 aromatic heterocycles. The molecule has 1 saturated heterocycles. The van der Waals surface area contributed by atoms with Crippen LogP contribution in [0.5, 0.6) is 0 Å². The predicted octanol–water partition coefficient (Wildman–Crippen LogP) is 4.39. The first-order valence-electron chi connectivity index (χ1n) is 10.9. The summed E-state index contributed by atoms with van der Waals surface area (Å²) in [6.07, 6.45) is -4.24. The van der Waals surface area contributed by atoms with Crippen molar-refractivity contribution in [2.45, 2.75) is 44.2 Å². The van der Waals surface area contributed by atoms with Crippen molar-refractivity contribution in [2.24, 2.45) is 5.92 Å². The van der Waals surface area contributed by atoms with Crippen LogP contribution in [0.3, 0.4) is 0 Å². The number of carbonyl (C=O) groups excluding carboxylic acids is 2. The van der Waals surface area contributed by atoms with Crippen LogP contribution in [-0.4, -0.2) is 31.1 Å². The van der Waals surface area contributed by atoms with Gasteiger partial charge < -0.3 is 20.1 Å². The third-order valence-electron chi connectivity index (χ3n) is 6.08. The van der Waals surface area contributed by atoms with E-state index in [0.29, 0.717) is 24.1 Å². The zero-order chi connectivity index (χ0) is 23.6. The normalized spacial score (nSPS) is 24.1. The van der Waals surface area contributed by atoms with Crippen LogP contribution in [0.15, 0.2) is 48.5 Å². The molecule has 2 heterocycles. The molecule has 0 radical (unpaired) electrons. The summed E-state index contributed by atoms with van der Waals surface area (Å²) in [4.78, 5) is 23.4. The second-order valence-electron chi connectivity index (χ2n) is 8.18. The molecule has 0 unspecified atom stereocenters. The first-order valence-corrected chi connectivity index (χ1v) is 10.9. The maximum Gasteiger partial charge on any atom is 0.416 e. The first kappa shape index (κ1) is 23.1. The van der Waals surface area contributed by atoms with E-state index in [-0.39, 0.29) is 25.1 Å². The highest BCUT2D eigenvalue weighted by atomic mass is 19.4. The van der Waals surface area contributed by atoms with E-state index in [4.69, 9.17) is 4.74 Å². The second kappa shape index (κ2) is 9.43. The average Bonchev–Trinajstić information content (AvgIpc) is 2.81. The Morgan fingerprint density at radius 1 is 1.15 bits per heavy atom. The maximum atomic E-state index is 13.4. The number of esters is 1. The minimum absolute atomic E-state index is 0.0681. The first-order chi connectivity index (χ1) is 15.8. The number of carbonyl (C=O) groups is 2. The van der Waals surface area contributed by atoms with Gasteiger partial charge in [0.25, 0.3) is 0 Å². The van der Waals surface area contributed by atoms with Gasteiger partial charge in [-0.3, -0.25) is 4.79 Å². The number of fused-ring (bicyclic) bond motifs is 3. The monoisotopic (exact) mass is 462 g/mol. The van der Waals surface area contributed by atoms with Gasteiger partial charge >= 0.3 is 18.1 Å². The van der Waals surface area contributed by atoms with Crippen molar-refractivity contribution < 1.29 is 32.2 Å². The van der Waals surface area contributed by atoms with E-state index in [1.165, 1.54) is 6.07 Å². The third kappa shape index (κ3) is 4.98. The van der Waals surface area contributed by atoms with E-state index in [9.17, 15) is 22.8 Å². The molecule has 2 aliphatic rings. The van der Waals surface area contributed by atoms with Crippen LogP contribution in [0.2, 0.25) is 0 Å². The van der Waals surface area contributed by atoms with E-state index in [1.54, 1.807) is 6.92 Å². The van der Waals surface area contributed by atoms with Crippen LogP contribution in [0.25, 0.3) is 0 Å². The van der Waals surface area contributed by atoms with Gasteiger partial charge in [0.1, 0.15) is 0 Å². The van der Waals surface area contributed by atoms with Crippen molar-refractivity contribution in [3.63, 3.8) is 0 Å². The number of ether oxygens (including phenoxy) is 2. The van der Waals surface area contributed by atoms with Crippen LogP contribution in [0, 0.1) is 5.92 Å². The highest BCUT2D eigenvalue weighted by molar-refractivity contribution is 6.32. The zero-order valence-electron chi connectivity index (χ0n) is 18.0.